The summed E-state index contributed by atoms with van der Waals surface area (Å²) in [5.74, 6) is 0. The molecule has 1 aliphatic heterocycles. The maximum Gasteiger partial charge on any atom is 0.00631 e. The lowest BCUT2D eigenvalue weighted by Gasteiger charge is -2.30. The van der Waals surface area contributed by atoms with Gasteiger partial charge in [-0.1, -0.05) is 23.8 Å². The average molecular weight is 232 g/mol. The molecule has 2 rings (SSSR count). The largest absolute Gasteiger partial charge is 0.328 e. The van der Waals surface area contributed by atoms with Crippen LogP contribution in [0.5, 0.6) is 0 Å². The standard InChI is InChI=1S/C15H24N2/c1-12-3-4-14(13(2)11-12)5-8-17-9-6-15(16)7-10-17/h3-4,11,15H,5-10,16H2,1-2H3. The van der Waals surface area contributed by atoms with Gasteiger partial charge in [0.05, 0.1) is 0 Å². The van der Waals surface area contributed by atoms with Gasteiger partial charge in [0, 0.05) is 12.6 Å². The Labute approximate surface area is 105 Å². The summed E-state index contributed by atoms with van der Waals surface area (Å²) in [6.07, 6.45) is 3.49. The lowest BCUT2D eigenvalue weighted by Crippen LogP contribution is -2.40. The van der Waals surface area contributed by atoms with Gasteiger partial charge in [0.15, 0.2) is 0 Å². The van der Waals surface area contributed by atoms with Crippen LogP contribution in [0.2, 0.25) is 0 Å². The molecule has 0 aromatic heterocycles. The van der Waals surface area contributed by atoms with Gasteiger partial charge in [0.25, 0.3) is 0 Å². The van der Waals surface area contributed by atoms with E-state index < -0.39 is 0 Å². The van der Waals surface area contributed by atoms with Gasteiger partial charge in [-0.15, -0.1) is 0 Å². The van der Waals surface area contributed by atoms with E-state index in [2.05, 4.69) is 36.9 Å². The van der Waals surface area contributed by atoms with Crippen LogP contribution in [0.4, 0.5) is 0 Å². The van der Waals surface area contributed by atoms with Crippen LogP contribution in [0.25, 0.3) is 0 Å². The smallest absolute Gasteiger partial charge is 0.00631 e. The highest BCUT2D eigenvalue weighted by molar-refractivity contribution is 5.30. The van der Waals surface area contributed by atoms with Crippen molar-refractivity contribution >= 4 is 0 Å². The van der Waals surface area contributed by atoms with Gasteiger partial charge in [0.1, 0.15) is 0 Å². The molecular formula is C15H24N2. The van der Waals surface area contributed by atoms with Crippen molar-refractivity contribution in [2.24, 2.45) is 5.73 Å². The van der Waals surface area contributed by atoms with E-state index in [1.165, 1.54) is 42.7 Å². The van der Waals surface area contributed by atoms with Crippen molar-refractivity contribution in [2.45, 2.75) is 39.2 Å². The molecule has 0 bridgehead atoms. The van der Waals surface area contributed by atoms with Crippen molar-refractivity contribution in [3.63, 3.8) is 0 Å². The molecule has 0 saturated carbocycles. The van der Waals surface area contributed by atoms with Crippen LogP contribution >= 0.6 is 0 Å². The van der Waals surface area contributed by atoms with E-state index in [-0.39, 0.29) is 0 Å². The van der Waals surface area contributed by atoms with Crippen LogP contribution in [0.15, 0.2) is 18.2 Å². The molecule has 0 unspecified atom stereocenters. The Hall–Kier alpha value is -0.860. The summed E-state index contributed by atoms with van der Waals surface area (Å²) >= 11 is 0. The van der Waals surface area contributed by atoms with Crippen molar-refractivity contribution in [1.82, 2.24) is 4.90 Å². The van der Waals surface area contributed by atoms with Crippen LogP contribution in [-0.4, -0.2) is 30.6 Å². The maximum absolute atomic E-state index is 5.92. The first-order valence-corrected chi connectivity index (χ1v) is 6.69. The number of likely N-dealkylation sites (tertiary alicyclic amines) is 1. The Balaban J connectivity index is 1.85. The summed E-state index contributed by atoms with van der Waals surface area (Å²) in [5, 5.41) is 0. The Morgan fingerprint density at radius 2 is 1.94 bits per heavy atom. The number of nitrogens with zero attached hydrogens (tertiary/aromatic N) is 1. The maximum atomic E-state index is 5.92. The zero-order valence-corrected chi connectivity index (χ0v) is 11.1. The number of nitrogens with two attached hydrogens (primary N) is 1. The van der Waals surface area contributed by atoms with Gasteiger partial charge in [0.2, 0.25) is 0 Å². The lowest BCUT2D eigenvalue weighted by molar-refractivity contribution is 0.215. The molecule has 1 aromatic carbocycles. The lowest BCUT2D eigenvalue weighted by atomic mass is 10.0. The molecule has 0 atom stereocenters. The molecule has 1 fully saturated rings. The number of benzene rings is 1. The Morgan fingerprint density at radius 1 is 1.24 bits per heavy atom. The molecule has 1 aromatic rings. The van der Waals surface area contributed by atoms with Gasteiger partial charge in [-0.2, -0.15) is 0 Å². The van der Waals surface area contributed by atoms with E-state index in [1.54, 1.807) is 0 Å². The molecule has 2 N–H and O–H groups in total. The van der Waals surface area contributed by atoms with Crippen molar-refractivity contribution in [2.75, 3.05) is 19.6 Å². The highest BCUT2D eigenvalue weighted by Gasteiger charge is 2.15. The summed E-state index contributed by atoms with van der Waals surface area (Å²) in [6, 6.07) is 7.21. The first-order chi connectivity index (χ1) is 8.15. The Kier molecular flexibility index (Phi) is 4.19. The van der Waals surface area contributed by atoms with Gasteiger partial charge < -0.3 is 10.6 Å². The molecular weight excluding hydrogens is 208 g/mol. The van der Waals surface area contributed by atoms with Crippen molar-refractivity contribution in [1.29, 1.82) is 0 Å². The number of aryl methyl sites for hydroxylation is 2. The van der Waals surface area contributed by atoms with Gasteiger partial charge in [-0.3, -0.25) is 0 Å². The second-order valence-electron chi connectivity index (χ2n) is 5.36. The summed E-state index contributed by atoms with van der Waals surface area (Å²) in [4.78, 5) is 2.54. The first kappa shape index (κ1) is 12.6. The first-order valence-electron chi connectivity index (χ1n) is 6.69. The Morgan fingerprint density at radius 3 is 2.59 bits per heavy atom. The molecule has 2 nitrogen and oxygen atoms in total. The number of rotatable bonds is 3. The fourth-order valence-electron chi connectivity index (χ4n) is 2.58. The SMILES string of the molecule is Cc1ccc(CCN2CCC(N)CC2)c(C)c1. The van der Waals surface area contributed by atoms with E-state index >= 15 is 0 Å². The van der Waals surface area contributed by atoms with Gasteiger partial charge in [-0.25, -0.2) is 0 Å². The third kappa shape index (κ3) is 3.55. The molecule has 0 spiro atoms. The fraction of sp³-hybridized carbons (Fsp3) is 0.600. The predicted molar refractivity (Wildman–Crippen MR) is 73.3 cm³/mol. The van der Waals surface area contributed by atoms with Crippen LogP contribution < -0.4 is 5.73 Å². The highest BCUT2D eigenvalue weighted by atomic mass is 15.1. The molecule has 2 heteroatoms. The minimum absolute atomic E-state index is 0.437. The monoisotopic (exact) mass is 232 g/mol. The zero-order valence-electron chi connectivity index (χ0n) is 11.1. The van der Waals surface area contributed by atoms with Crippen molar-refractivity contribution in [3.8, 4) is 0 Å². The average Bonchev–Trinajstić information content (AvgIpc) is 2.30. The zero-order chi connectivity index (χ0) is 12.3. The molecule has 1 heterocycles. The van der Waals surface area contributed by atoms with Crippen molar-refractivity contribution in [3.05, 3.63) is 34.9 Å². The topological polar surface area (TPSA) is 29.3 Å². The molecule has 0 aliphatic carbocycles. The number of piperidine rings is 1. The molecule has 1 saturated heterocycles. The van der Waals surface area contributed by atoms with Crippen LogP contribution in [0.3, 0.4) is 0 Å². The molecule has 1 aliphatic rings. The molecule has 0 radical (unpaired) electrons. The van der Waals surface area contributed by atoms with Gasteiger partial charge >= 0.3 is 0 Å². The summed E-state index contributed by atoms with van der Waals surface area (Å²) in [7, 11) is 0. The quantitative estimate of drug-likeness (QED) is 0.866. The van der Waals surface area contributed by atoms with Crippen LogP contribution in [0, 0.1) is 13.8 Å². The van der Waals surface area contributed by atoms with Crippen LogP contribution in [0.1, 0.15) is 29.5 Å². The van der Waals surface area contributed by atoms with Gasteiger partial charge in [-0.05, 0) is 57.3 Å². The number of hydrogen-bond acceptors (Lipinski definition) is 2. The predicted octanol–water partition coefficient (Wildman–Crippen LogP) is 2.27. The van der Waals surface area contributed by atoms with E-state index in [0.29, 0.717) is 6.04 Å². The van der Waals surface area contributed by atoms with E-state index in [1.807, 2.05) is 0 Å². The third-order valence-corrected chi connectivity index (χ3v) is 3.83. The molecule has 94 valence electrons. The second-order valence-corrected chi connectivity index (χ2v) is 5.36. The third-order valence-electron chi connectivity index (χ3n) is 3.83. The van der Waals surface area contributed by atoms with Crippen LogP contribution in [-0.2, 0) is 6.42 Å². The van der Waals surface area contributed by atoms with E-state index in [9.17, 15) is 0 Å². The minimum atomic E-state index is 0.437. The fourth-order valence-corrected chi connectivity index (χ4v) is 2.58. The minimum Gasteiger partial charge on any atom is -0.328 e. The summed E-state index contributed by atoms with van der Waals surface area (Å²) in [5.41, 5.74) is 10.2. The molecule has 0 amide bonds. The van der Waals surface area contributed by atoms with E-state index in [0.717, 1.165) is 12.8 Å². The number of hydrogen-bond donors (Lipinski definition) is 1. The summed E-state index contributed by atoms with van der Waals surface area (Å²) < 4.78 is 0. The normalized spacial score (nSPS) is 18.5. The second kappa shape index (κ2) is 5.65. The van der Waals surface area contributed by atoms with E-state index in [4.69, 9.17) is 5.73 Å². The van der Waals surface area contributed by atoms with Crippen molar-refractivity contribution < 1.29 is 0 Å². The molecule has 17 heavy (non-hydrogen) atoms. The summed E-state index contributed by atoms with van der Waals surface area (Å²) in [6.45, 7) is 7.89. The highest BCUT2D eigenvalue weighted by Crippen LogP contribution is 2.13. The Bertz CT molecular complexity index is 365.